The lowest BCUT2D eigenvalue weighted by molar-refractivity contribution is -0.148. The second-order valence-electron chi connectivity index (χ2n) is 4.84. The molecule has 3 aromatic carbocycles. The summed E-state index contributed by atoms with van der Waals surface area (Å²) >= 11 is 6.34. The molecule has 3 rings (SSSR count). The van der Waals surface area contributed by atoms with Crippen LogP contribution in [0, 0.1) is 0 Å². The summed E-state index contributed by atoms with van der Waals surface area (Å²) in [5.41, 5.74) is 5.55. The van der Waals surface area contributed by atoms with Gasteiger partial charge in [-0.15, -0.1) is 0 Å². The molecule has 0 bridgehead atoms. The van der Waals surface area contributed by atoms with Crippen molar-refractivity contribution < 1.29 is 13.2 Å². The van der Waals surface area contributed by atoms with Crippen molar-refractivity contribution in [3.05, 3.63) is 59.1 Å². The molecule has 2 N–H and O–H groups in total. The molecule has 0 heterocycles. The number of fused-ring (bicyclic) bond motifs is 2. The van der Waals surface area contributed by atoms with Crippen LogP contribution in [-0.4, -0.2) is 6.18 Å². The number of hydrogen-bond donors (Lipinski definition) is 1. The van der Waals surface area contributed by atoms with Crippen molar-refractivity contribution in [3.8, 4) is 0 Å². The Morgan fingerprint density at radius 2 is 1.19 bits per heavy atom. The van der Waals surface area contributed by atoms with Crippen LogP contribution in [0.5, 0.6) is 0 Å². The zero-order valence-electron chi connectivity index (χ0n) is 10.8. The van der Waals surface area contributed by atoms with Gasteiger partial charge in [0, 0.05) is 10.8 Å². The van der Waals surface area contributed by atoms with Gasteiger partial charge >= 0.3 is 6.18 Å². The lowest BCUT2D eigenvalue weighted by Gasteiger charge is -2.21. The Bertz CT molecular complexity index is 770. The number of nitrogens with two attached hydrogens (primary N) is 1. The van der Waals surface area contributed by atoms with E-state index in [1.165, 1.54) is 0 Å². The van der Waals surface area contributed by atoms with E-state index in [1.54, 1.807) is 48.5 Å². The molecule has 0 fully saturated rings. The second-order valence-corrected chi connectivity index (χ2v) is 5.22. The van der Waals surface area contributed by atoms with Crippen molar-refractivity contribution in [1.82, 2.24) is 0 Å². The molecule has 3 aromatic rings. The highest BCUT2D eigenvalue weighted by Gasteiger charge is 2.39. The van der Waals surface area contributed by atoms with E-state index in [-0.39, 0.29) is 5.56 Å². The van der Waals surface area contributed by atoms with Gasteiger partial charge in [0.15, 0.2) is 0 Å². The lowest BCUT2D eigenvalue weighted by atomic mass is 9.92. The van der Waals surface area contributed by atoms with Crippen LogP contribution in [0.3, 0.4) is 0 Å². The summed E-state index contributed by atoms with van der Waals surface area (Å²) in [7, 11) is 0. The minimum absolute atomic E-state index is 0.0677. The molecule has 0 spiro atoms. The maximum Gasteiger partial charge on any atom is 0.407 e. The molecular formula is C16H11ClF3N. The summed E-state index contributed by atoms with van der Waals surface area (Å²) in [6.07, 6.45) is -4.51. The molecule has 0 aliphatic carbocycles. The van der Waals surface area contributed by atoms with Crippen molar-refractivity contribution >= 4 is 33.1 Å². The first kappa shape index (κ1) is 14.2. The van der Waals surface area contributed by atoms with Crippen molar-refractivity contribution in [3.63, 3.8) is 0 Å². The number of hydrogen-bond acceptors (Lipinski definition) is 1. The Balaban J connectivity index is 2.52. The van der Waals surface area contributed by atoms with Gasteiger partial charge in [-0.05, 0) is 16.3 Å². The highest BCUT2D eigenvalue weighted by Crippen LogP contribution is 2.42. The maximum atomic E-state index is 13.1. The Hall–Kier alpha value is -1.78. The van der Waals surface area contributed by atoms with E-state index in [4.69, 9.17) is 17.3 Å². The van der Waals surface area contributed by atoms with Crippen molar-refractivity contribution in [2.75, 3.05) is 0 Å². The van der Waals surface area contributed by atoms with Gasteiger partial charge in [-0.25, -0.2) is 0 Å². The van der Waals surface area contributed by atoms with Crippen LogP contribution in [0.25, 0.3) is 21.5 Å². The maximum absolute atomic E-state index is 13.1. The average Bonchev–Trinajstić information content (AvgIpc) is 2.46. The minimum Gasteiger partial charge on any atom is -0.316 e. The molecule has 108 valence electrons. The summed E-state index contributed by atoms with van der Waals surface area (Å²) in [6, 6.07) is 11.4. The third-order valence-electron chi connectivity index (χ3n) is 3.57. The molecule has 1 nitrogen and oxygen atoms in total. The predicted molar refractivity (Wildman–Crippen MR) is 79.4 cm³/mol. The molecule has 1 atom stereocenters. The monoisotopic (exact) mass is 309 g/mol. The summed E-state index contributed by atoms with van der Waals surface area (Å²) < 4.78 is 39.4. The standard InChI is InChI=1S/C16H11ClF3N/c17-14-11-7-3-1-5-9(11)13(15(21)16(18,19)20)10-6-2-4-8-12(10)14/h1-8,15H,21H2/t15-/m0/s1. The summed E-state index contributed by atoms with van der Waals surface area (Å²) in [5, 5.41) is 2.47. The van der Waals surface area contributed by atoms with E-state index < -0.39 is 12.2 Å². The Kier molecular flexibility index (Phi) is 3.30. The quantitative estimate of drug-likeness (QED) is 0.614. The van der Waals surface area contributed by atoms with Gasteiger partial charge in [0.25, 0.3) is 0 Å². The van der Waals surface area contributed by atoms with Gasteiger partial charge in [0.2, 0.25) is 0 Å². The fourth-order valence-electron chi connectivity index (χ4n) is 2.61. The minimum atomic E-state index is -4.51. The molecule has 0 aromatic heterocycles. The van der Waals surface area contributed by atoms with E-state index in [0.29, 0.717) is 26.6 Å². The van der Waals surface area contributed by atoms with Crippen LogP contribution in [0.15, 0.2) is 48.5 Å². The van der Waals surface area contributed by atoms with Gasteiger partial charge in [-0.3, -0.25) is 0 Å². The molecule has 0 saturated heterocycles. The molecular weight excluding hydrogens is 299 g/mol. The zero-order chi connectivity index (χ0) is 15.2. The summed E-state index contributed by atoms with van der Waals surface area (Å²) in [6.45, 7) is 0. The van der Waals surface area contributed by atoms with E-state index in [1.807, 2.05) is 0 Å². The SMILES string of the molecule is N[C@@H](c1c2ccccc2c(Cl)c2ccccc12)C(F)(F)F. The Morgan fingerprint density at radius 3 is 1.57 bits per heavy atom. The van der Waals surface area contributed by atoms with E-state index >= 15 is 0 Å². The molecule has 0 radical (unpaired) electrons. The molecule has 0 saturated carbocycles. The van der Waals surface area contributed by atoms with E-state index in [9.17, 15) is 13.2 Å². The number of alkyl halides is 3. The number of benzene rings is 3. The average molecular weight is 310 g/mol. The zero-order valence-corrected chi connectivity index (χ0v) is 11.5. The highest BCUT2D eigenvalue weighted by molar-refractivity contribution is 6.41. The first-order chi connectivity index (χ1) is 9.91. The first-order valence-corrected chi connectivity index (χ1v) is 6.70. The topological polar surface area (TPSA) is 26.0 Å². The predicted octanol–water partition coefficient (Wildman–Crippen LogP) is 5.21. The fourth-order valence-corrected chi connectivity index (χ4v) is 2.94. The van der Waals surface area contributed by atoms with E-state index in [0.717, 1.165) is 0 Å². The van der Waals surface area contributed by atoms with Gasteiger partial charge in [-0.1, -0.05) is 60.1 Å². The largest absolute Gasteiger partial charge is 0.407 e. The number of rotatable bonds is 1. The Labute approximate surface area is 124 Å². The fraction of sp³-hybridized carbons (Fsp3) is 0.125. The van der Waals surface area contributed by atoms with Crippen LogP contribution in [0.4, 0.5) is 13.2 Å². The van der Waals surface area contributed by atoms with Gasteiger partial charge in [0.1, 0.15) is 6.04 Å². The third kappa shape index (κ3) is 2.24. The van der Waals surface area contributed by atoms with Gasteiger partial charge in [0.05, 0.1) is 5.02 Å². The molecule has 0 aliphatic rings. The molecule has 5 heteroatoms. The normalized spacial score (nSPS) is 13.8. The summed E-state index contributed by atoms with van der Waals surface area (Å²) in [4.78, 5) is 0. The van der Waals surface area contributed by atoms with Crippen LogP contribution >= 0.6 is 11.6 Å². The summed E-state index contributed by atoms with van der Waals surface area (Å²) in [5.74, 6) is 0. The van der Waals surface area contributed by atoms with Gasteiger partial charge < -0.3 is 5.73 Å². The highest BCUT2D eigenvalue weighted by atomic mass is 35.5. The van der Waals surface area contributed by atoms with Crippen LogP contribution < -0.4 is 5.73 Å². The smallest absolute Gasteiger partial charge is 0.316 e. The number of halogens is 4. The Morgan fingerprint density at radius 1 is 0.810 bits per heavy atom. The van der Waals surface area contributed by atoms with E-state index in [2.05, 4.69) is 0 Å². The van der Waals surface area contributed by atoms with Crippen molar-refractivity contribution in [1.29, 1.82) is 0 Å². The van der Waals surface area contributed by atoms with Crippen LogP contribution in [0.2, 0.25) is 5.02 Å². The van der Waals surface area contributed by atoms with Crippen LogP contribution in [0.1, 0.15) is 11.6 Å². The lowest BCUT2D eigenvalue weighted by Crippen LogP contribution is -2.28. The van der Waals surface area contributed by atoms with Crippen molar-refractivity contribution in [2.24, 2.45) is 5.73 Å². The second kappa shape index (κ2) is 4.90. The third-order valence-corrected chi connectivity index (χ3v) is 3.98. The molecule has 0 aliphatic heterocycles. The van der Waals surface area contributed by atoms with Crippen LogP contribution in [-0.2, 0) is 0 Å². The molecule has 21 heavy (non-hydrogen) atoms. The molecule has 0 unspecified atom stereocenters. The molecule has 0 amide bonds. The van der Waals surface area contributed by atoms with Crippen molar-refractivity contribution in [2.45, 2.75) is 12.2 Å². The van der Waals surface area contributed by atoms with Gasteiger partial charge in [-0.2, -0.15) is 13.2 Å². The first-order valence-electron chi connectivity index (χ1n) is 6.32.